The van der Waals surface area contributed by atoms with E-state index in [1.165, 1.54) is 26.3 Å². The molecule has 1 aliphatic heterocycles. The van der Waals surface area contributed by atoms with Crippen LogP contribution < -0.4 is 14.5 Å². The Labute approximate surface area is 143 Å². The van der Waals surface area contributed by atoms with E-state index in [1.54, 1.807) is 0 Å². The van der Waals surface area contributed by atoms with Crippen LogP contribution in [-0.4, -0.2) is 47.2 Å². The highest BCUT2D eigenvalue weighted by molar-refractivity contribution is 7.92. The molecule has 1 aliphatic rings. The van der Waals surface area contributed by atoms with E-state index < -0.39 is 34.2 Å². The summed E-state index contributed by atoms with van der Waals surface area (Å²) in [5, 5.41) is 0. The normalized spacial score (nSPS) is 19.4. The average molecular weight is 359 g/mol. The van der Waals surface area contributed by atoms with Crippen LogP contribution in [0.4, 0.5) is 10.1 Å². The molecule has 0 N–H and O–H groups in total. The molecule has 24 heavy (non-hydrogen) atoms. The first kappa shape index (κ1) is 19.0. The summed E-state index contributed by atoms with van der Waals surface area (Å²) in [6.07, 6.45) is 1.03. The topological polar surface area (TPSA) is 65.1 Å². The number of ether oxygens (including phenoxy) is 1. The highest BCUT2D eigenvalue weighted by Crippen LogP contribution is 2.38. The lowest BCUT2D eigenvalue weighted by molar-refractivity contribution is 0.00578. The van der Waals surface area contributed by atoms with Crippen LogP contribution in [0.1, 0.15) is 27.7 Å². The SMILES string of the molecule is COc1c(F)cc(B2OC(C)(C)C(C)(C)O2)cc1N(C)S(C)(=O)=O. The number of rotatable bonds is 4. The van der Waals surface area contributed by atoms with Gasteiger partial charge in [-0.2, -0.15) is 0 Å². The quantitative estimate of drug-likeness (QED) is 0.763. The van der Waals surface area contributed by atoms with Gasteiger partial charge < -0.3 is 14.0 Å². The lowest BCUT2D eigenvalue weighted by Crippen LogP contribution is -2.41. The number of sulfonamides is 1. The maximum atomic E-state index is 14.4. The fourth-order valence-corrected chi connectivity index (χ4v) is 2.82. The van der Waals surface area contributed by atoms with E-state index >= 15 is 0 Å². The Morgan fingerprint density at radius 2 is 1.67 bits per heavy atom. The third kappa shape index (κ3) is 3.25. The number of anilines is 1. The fourth-order valence-electron chi connectivity index (χ4n) is 2.33. The maximum Gasteiger partial charge on any atom is 0.495 e. The predicted octanol–water partition coefficient (Wildman–Crippen LogP) is 1.53. The van der Waals surface area contributed by atoms with Crippen molar-refractivity contribution in [1.29, 1.82) is 0 Å². The van der Waals surface area contributed by atoms with Crippen LogP contribution in [0.5, 0.6) is 5.75 Å². The van der Waals surface area contributed by atoms with E-state index in [1.807, 2.05) is 27.7 Å². The van der Waals surface area contributed by atoms with E-state index in [0.29, 0.717) is 5.46 Å². The summed E-state index contributed by atoms with van der Waals surface area (Å²) in [6, 6.07) is 2.74. The van der Waals surface area contributed by atoms with Gasteiger partial charge in [-0.25, -0.2) is 12.8 Å². The second kappa shape index (κ2) is 5.89. The molecule has 0 spiro atoms. The number of hydrogen-bond donors (Lipinski definition) is 0. The highest BCUT2D eigenvalue weighted by atomic mass is 32.2. The summed E-state index contributed by atoms with van der Waals surface area (Å²) in [4.78, 5) is 0. The third-order valence-corrected chi connectivity index (χ3v) is 5.80. The van der Waals surface area contributed by atoms with Gasteiger partial charge in [-0.15, -0.1) is 0 Å². The van der Waals surface area contributed by atoms with E-state index in [0.717, 1.165) is 10.6 Å². The predicted molar refractivity (Wildman–Crippen MR) is 91.9 cm³/mol. The number of hydrogen-bond acceptors (Lipinski definition) is 5. The Kier molecular flexibility index (Phi) is 4.67. The molecule has 0 aromatic heterocycles. The monoisotopic (exact) mass is 359 g/mol. The van der Waals surface area contributed by atoms with E-state index in [4.69, 9.17) is 14.0 Å². The molecule has 1 fully saturated rings. The van der Waals surface area contributed by atoms with Crippen LogP contribution in [0.3, 0.4) is 0 Å². The Morgan fingerprint density at radius 3 is 2.08 bits per heavy atom. The largest absolute Gasteiger partial charge is 0.495 e. The van der Waals surface area contributed by atoms with Crippen LogP contribution in [0, 0.1) is 5.82 Å². The number of halogens is 1. The van der Waals surface area contributed by atoms with Gasteiger partial charge in [0.1, 0.15) is 0 Å². The average Bonchev–Trinajstić information content (AvgIpc) is 2.64. The second-order valence-electron chi connectivity index (χ2n) is 6.87. The van der Waals surface area contributed by atoms with Crippen molar-refractivity contribution >= 4 is 28.3 Å². The molecule has 9 heteroatoms. The number of benzene rings is 1. The van der Waals surface area contributed by atoms with Crippen LogP contribution in [0.2, 0.25) is 0 Å². The molecular weight excluding hydrogens is 336 g/mol. The lowest BCUT2D eigenvalue weighted by Gasteiger charge is -2.32. The molecule has 0 atom stereocenters. The highest BCUT2D eigenvalue weighted by Gasteiger charge is 2.52. The molecule has 1 saturated heterocycles. The summed E-state index contributed by atoms with van der Waals surface area (Å²) in [5.74, 6) is -0.835. The number of nitrogens with zero attached hydrogens (tertiary/aromatic N) is 1. The van der Waals surface area contributed by atoms with Crippen molar-refractivity contribution in [2.24, 2.45) is 0 Å². The zero-order valence-electron chi connectivity index (χ0n) is 15.0. The van der Waals surface area contributed by atoms with Gasteiger partial charge in [0.2, 0.25) is 10.0 Å². The molecule has 1 aromatic carbocycles. The van der Waals surface area contributed by atoms with Gasteiger partial charge in [0.05, 0.1) is 30.3 Å². The summed E-state index contributed by atoms with van der Waals surface area (Å²) < 4.78 is 55.9. The number of methoxy groups -OCH3 is 1. The maximum absolute atomic E-state index is 14.4. The smallest absolute Gasteiger partial charge is 0.492 e. The minimum atomic E-state index is -3.59. The molecule has 0 bridgehead atoms. The summed E-state index contributed by atoms with van der Waals surface area (Å²) in [5.41, 5.74) is -0.698. The van der Waals surface area contributed by atoms with Gasteiger partial charge in [-0.1, -0.05) is 0 Å². The van der Waals surface area contributed by atoms with Gasteiger partial charge in [-0.3, -0.25) is 4.31 Å². The molecule has 0 amide bonds. The van der Waals surface area contributed by atoms with Crippen LogP contribution in [0.25, 0.3) is 0 Å². The molecule has 1 aromatic rings. The summed E-state index contributed by atoms with van der Waals surface area (Å²) in [7, 11) is -1.77. The van der Waals surface area contributed by atoms with Gasteiger partial charge in [0, 0.05) is 7.05 Å². The molecule has 2 rings (SSSR count). The van der Waals surface area contributed by atoms with Crippen molar-refractivity contribution in [1.82, 2.24) is 0 Å². The van der Waals surface area contributed by atoms with Gasteiger partial charge in [0.25, 0.3) is 0 Å². The Balaban J connectivity index is 2.53. The molecular formula is C15H23BFNO5S. The Morgan fingerprint density at radius 1 is 1.17 bits per heavy atom. The first-order chi connectivity index (χ1) is 10.8. The standard InChI is InChI=1S/C15H23BFNO5S/c1-14(2)15(3,4)23-16(22-14)10-8-11(17)13(21-6)12(9-10)18(5)24(7,19)20/h8-9H,1-7H3. The minimum absolute atomic E-state index is 0.0877. The molecule has 0 unspecified atom stereocenters. The minimum Gasteiger partial charge on any atom is -0.492 e. The van der Waals surface area contributed by atoms with Gasteiger partial charge >= 0.3 is 7.12 Å². The third-order valence-electron chi connectivity index (χ3n) is 4.61. The van der Waals surface area contributed by atoms with Crippen LogP contribution in [-0.2, 0) is 19.3 Å². The molecule has 0 radical (unpaired) electrons. The van der Waals surface area contributed by atoms with E-state index in [2.05, 4.69) is 0 Å². The van der Waals surface area contributed by atoms with Crippen molar-refractivity contribution < 1.29 is 26.9 Å². The van der Waals surface area contributed by atoms with Crippen LogP contribution >= 0.6 is 0 Å². The zero-order valence-corrected chi connectivity index (χ0v) is 15.8. The Hall–Kier alpha value is -1.32. The molecule has 1 heterocycles. The summed E-state index contributed by atoms with van der Waals surface area (Å²) in [6.45, 7) is 7.54. The van der Waals surface area contributed by atoms with Crippen molar-refractivity contribution in [3.05, 3.63) is 17.9 Å². The lowest BCUT2D eigenvalue weighted by atomic mass is 9.78. The first-order valence-electron chi connectivity index (χ1n) is 7.47. The van der Waals surface area contributed by atoms with Crippen LogP contribution in [0.15, 0.2) is 12.1 Å². The molecule has 0 aliphatic carbocycles. The second-order valence-corrected chi connectivity index (χ2v) is 8.89. The molecule has 6 nitrogen and oxygen atoms in total. The Bertz CT molecular complexity index is 734. The molecule has 0 saturated carbocycles. The van der Waals surface area contributed by atoms with Crippen molar-refractivity contribution in [3.8, 4) is 5.75 Å². The summed E-state index contributed by atoms with van der Waals surface area (Å²) >= 11 is 0. The zero-order chi connectivity index (χ0) is 18.5. The molecule has 134 valence electrons. The van der Waals surface area contributed by atoms with E-state index in [9.17, 15) is 12.8 Å². The fraction of sp³-hybridized carbons (Fsp3) is 0.600. The van der Waals surface area contributed by atoms with Crippen molar-refractivity contribution in [3.63, 3.8) is 0 Å². The van der Waals surface area contributed by atoms with Crippen molar-refractivity contribution in [2.45, 2.75) is 38.9 Å². The van der Waals surface area contributed by atoms with Crippen molar-refractivity contribution in [2.75, 3.05) is 24.7 Å². The van der Waals surface area contributed by atoms with Gasteiger partial charge in [0.15, 0.2) is 11.6 Å². The van der Waals surface area contributed by atoms with Gasteiger partial charge in [-0.05, 0) is 45.3 Å². The first-order valence-corrected chi connectivity index (χ1v) is 9.32. The van der Waals surface area contributed by atoms with E-state index in [-0.39, 0.29) is 11.4 Å².